The molecule has 2 aliphatic heterocycles. The molecule has 6 heteroatoms. The summed E-state index contributed by atoms with van der Waals surface area (Å²) in [4.78, 5) is 30.8. The minimum absolute atomic E-state index is 0.0454. The molecule has 1 unspecified atom stereocenters. The van der Waals surface area contributed by atoms with Crippen LogP contribution in [0.3, 0.4) is 0 Å². The quantitative estimate of drug-likeness (QED) is 0.675. The number of aliphatic hydroxyl groups excluding tert-OH is 1. The lowest BCUT2D eigenvalue weighted by molar-refractivity contribution is -0.120. The Bertz CT molecular complexity index is 1090. The number of anilines is 1. The zero-order chi connectivity index (χ0) is 23.7. The number of carbonyl (C=O) groups excluding carboxylic acids is 2. The summed E-state index contributed by atoms with van der Waals surface area (Å²) in [5, 5.41) is 9.73. The van der Waals surface area contributed by atoms with Gasteiger partial charge in [0, 0.05) is 19.7 Å². The zero-order valence-corrected chi connectivity index (χ0v) is 19.8. The molecule has 0 aliphatic carbocycles. The van der Waals surface area contributed by atoms with Crippen molar-refractivity contribution in [1.29, 1.82) is 0 Å². The minimum atomic E-state index is -0.314. The molecule has 6 nitrogen and oxygen atoms in total. The van der Waals surface area contributed by atoms with Crippen molar-refractivity contribution in [2.24, 2.45) is 5.92 Å². The predicted molar refractivity (Wildman–Crippen MR) is 129 cm³/mol. The molecular weight excluding hydrogens is 416 g/mol. The molecule has 2 aromatic carbocycles. The van der Waals surface area contributed by atoms with E-state index in [9.17, 15) is 14.7 Å². The lowest BCUT2D eigenvalue weighted by Gasteiger charge is -2.34. The van der Waals surface area contributed by atoms with Crippen LogP contribution in [0.15, 0.2) is 48.2 Å². The van der Waals surface area contributed by atoms with Gasteiger partial charge in [0.2, 0.25) is 0 Å². The van der Waals surface area contributed by atoms with Gasteiger partial charge >= 0.3 is 0 Å². The number of aryl methyl sites for hydroxylation is 2. The summed E-state index contributed by atoms with van der Waals surface area (Å²) < 4.78 is 5.75. The van der Waals surface area contributed by atoms with E-state index in [0.717, 1.165) is 29.7 Å². The van der Waals surface area contributed by atoms with Gasteiger partial charge in [-0.1, -0.05) is 29.8 Å². The maximum absolute atomic E-state index is 13.8. The van der Waals surface area contributed by atoms with Crippen LogP contribution in [0.2, 0.25) is 0 Å². The van der Waals surface area contributed by atoms with Gasteiger partial charge in [0.1, 0.15) is 11.4 Å². The highest BCUT2D eigenvalue weighted by Gasteiger charge is 2.43. The van der Waals surface area contributed by atoms with Gasteiger partial charge in [-0.15, -0.1) is 0 Å². The Morgan fingerprint density at radius 1 is 1.06 bits per heavy atom. The van der Waals surface area contributed by atoms with E-state index in [1.54, 1.807) is 0 Å². The van der Waals surface area contributed by atoms with E-state index in [1.165, 1.54) is 4.90 Å². The summed E-state index contributed by atoms with van der Waals surface area (Å²) in [6, 6.07) is 13.1. The molecule has 33 heavy (non-hydrogen) atoms. The molecule has 2 aromatic rings. The van der Waals surface area contributed by atoms with E-state index in [-0.39, 0.29) is 30.4 Å². The monoisotopic (exact) mass is 448 g/mol. The van der Waals surface area contributed by atoms with Crippen LogP contribution in [0, 0.1) is 19.8 Å². The number of carbonyl (C=O) groups is 2. The highest BCUT2D eigenvalue weighted by Crippen LogP contribution is 2.38. The molecule has 0 radical (unpaired) electrons. The molecule has 2 aliphatic rings. The number of likely N-dealkylation sites (tertiary alicyclic amines) is 1. The van der Waals surface area contributed by atoms with Gasteiger partial charge in [-0.25, -0.2) is 4.90 Å². The Balaban J connectivity index is 1.79. The van der Waals surface area contributed by atoms with Gasteiger partial charge in [0.25, 0.3) is 11.8 Å². The summed E-state index contributed by atoms with van der Waals surface area (Å²) in [6.45, 7) is 9.15. The van der Waals surface area contributed by atoms with E-state index < -0.39 is 0 Å². The molecule has 4 rings (SSSR count). The Morgan fingerprint density at radius 3 is 2.42 bits per heavy atom. The van der Waals surface area contributed by atoms with Gasteiger partial charge in [-0.05, 0) is 75.8 Å². The van der Waals surface area contributed by atoms with Crippen LogP contribution in [0.4, 0.5) is 5.69 Å². The van der Waals surface area contributed by atoms with E-state index in [4.69, 9.17) is 4.74 Å². The summed E-state index contributed by atoms with van der Waals surface area (Å²) in [5.74, 6) is 0.193. The Kier molecular flexibility index (Phi) is 6.56. The van der Waals surface area contributed by atoms with Crippen LogP contribution >= 0.6 is 0 Å². The molecule has 1 saturated heterocycles. The highest BCUT2D eigenvalue weighted by atomic mass is 16.5. The second kappa shape index (κ2) is 9.40. The van der Waals surface area contributed by atoms with Crippen LogP contribution in [-0.4, -0.2) is 47.6 Å². The Labute approximate surface area is 195 Å². The smallest absolute Gasteiger partial charge is 0.282 e. The number of aliphatic hydroxyl groups is 1. The first kappa shape index (κ1) is 23.1. The van der Waals surface area contributed by atoms with Crippen LogP contribution in [0.5, 0.6) is 5.75 Å². The molecule has 2 amide bonds. The number of nitrogens with zero attached hydrogens (tertiary/aromatic N) is 2. The first-order valence-corrected chi connectivity index (χ1v) is 11.6. The molecule has 1 N–H and O–H groups in total. The average molecular weight is 449 g/mol. The SMILES string of the molecule is Cc1ccc(N2C(=O)C(c3ccc(OC(C)C)cc3)=C(N3CCCC(CO)C3)C2=O)c(C)c1. The number of hydrogen-bond donors (Lipinski definition) is 1. The number of piperidine rings is 1. The fraction of sp³-hybridized carbons (Fsp3) is 0.407. The highest BCUT2D eigenvalue weighted by molar-refractivity contribution is 6.45. The second-order valence-electron chi connectivity index (χ2n) is 9.29. The number of amides is 2. The fourth-order valence-electron chi connectivity index (χ4n) is 4.74. The van der Waals surface area contributed by atoms with Gasteiger partial charge in [-0.2, -0.15) is 0 Å². The van der Waals surface area contributed by atoms with Crippen LogP contribution in [-0.2, 0) is 9.59 Å². The first-order valence-electron chi connectivity index (χ1n) is 11.6. The van der Waals surface area contributed by atoms with E-state index >= 15 is 0 Å². The van der Waals surface area contributed by atoms with Crippen molar-refractivity contribution < 1.29 is 19.4 Å². The van der Waals surface area contributed by atoms with Crippen molar-refractivity contribution in [3.8, 4) is 5.75 Å². The normalized spacial score (nSPS) is 19.2. The average Bonchev–Trinajstić information content (AvgIpc) is 3.04. The van der Waals surface area contributed by atoms with E-state index in [1.807, 2.05) is 75.1 Å². The number of imide groups is 1. The third-order valence-electron chi connectivity index (χ3n) is 6.26. The molecule has 1 fully saturated rings. The minimum Gasteiger partial charge on any atom is -0.491 e. The number of benzene rings is 2. The van der Waals surface area contributed by atoms with Crippen molar-refractivity contribution in [3.05, 3.63) is 64.9 Å². The number of hydrogen-bond acceptors (Lipinski definition) is 5. The molecule has 174 valence electrons. The van der Waals surface area contributed by atoms with Crippen molar-refractivity contribution >= 4 is 23.1 Å². The molecule has 0 bridgehead atoms. The lowest BCUT2D eigenvalue weighted by Crippen LogP contribution is -2.40. The van der Waals surface area contributed by atoms with Gasteiger partial charge in [0.15, 0.2) is 0 Å². The summed E-state index contributed by atoms with van der Waals surface area (Å²) in [5.41, 5.74) is 4.10. The maximum Gasteiger partial charge on any atom is 0.282 e. The maximum atomic E-state index is 13.8. The van der Waals surface area contributed by atoms with Gasteiger partial charge in [0.05, 0.1) is 17.4 Å². The zero-order valence-electron chi connectivity index (χ0n) is 19.8. The topological polar surface area (TPSA) is 70.1 Å². The summed E-state index contributed by atoms with van der Waals surface area (Å²) in [6.07, 6.45) is 1.83. The van der Waals surface area contributed by atoms with Gasteiger partial charge < -0.3 is 14.7 Å². The van der Waals surface area contributed by atoms with Crippen molar-refractivity contribution in [2.45, 2.75) is 46.6 Å². The van der Waals surface area contributed by atoms with E-state index in [0.29, 0.717) is 35.6 Å². The first-order chi connectivity index (χ1) is 15.8. The Morgan fingerprint density at radius 2 is 1.79 bits per heavy atom. The molecule has 1 atom stereocenters. The third kappa shape index (κ3) is 4.53. The predicted octanol–water partition coefficient (Wildman–Crippen LogP) is 4.08. The van der Waals surface area contributed by atoms with Crippen LogP contribution < -0.4 is 9.64 Å². The lowest BCUT2D eigenvalue weighted by atomic mass is 9.97. The summed E-state index contributed by atoms with van der Waals surface area (Å²) >= 11 is 0. The number of rotatable bonds is 6. The molecule has 0 saturated carbocycles. The fourth-order valence-corrected chi connectivity index (χ4v) is 4.74. The Hall–Kier alpha value is -3.12. The van der Waals surface area contributed by atoms with E-state index in [2.05, 4.69) is 0 Å². The largest absolute Gasteiger partial charge is 0.491 e. The standard InChI is InChI=1S/C27H32N2O4/c1-17(2)33-22-10-8-21(9-11-22)24-25(28-13-5-6-20(15-28)16-30)27(32)29(26(24)31)23-12-7-18(3)14-19(23)4/h7-12,14,17,20,30H,5-6,13,15-16H2,1-4H3. The van der Waals surface area contributed by atoms with Crippen molar-refractivity contribution in [1.82, 2.24) is 4.90 Å². The van der Waals surface area contributed by atoms with Crippen LogP contribution in [0.1, 0.15) is 43.4 Å². The van der Waals surface area contributed by atoms with Crippen molar-refractivity contribution in [2.75, 3.05) is 24.6 Å². The molecular formula is C27H32N2O4. The summed E-state index contributed by atoms with van der Waals surface area (Å²) in [7, 11) is 0. The number of ether oxygens (including phenoxy) is 1. The second-order valence-corrected chi connectivity index (χ2v) is 9.29. The van der Waals surface area contributed by atoms with Gasteiger partial charge in [-0.3, -0.25) is 9.59 Å². The molecule has 0 aromatic heterocycles. The third-order valence-corrected chi connectivity index (χ3v) is 6.26. The molecule has 2 heterocycles. The van der Waals surface area contributed by atoms with Crippen LogP contribution in [0.25, 0.3) is 5.57 Å². The molecule has 0 spiro atoms. The van der Waals surface area contributed by atoms with Crippen molar-refractivity contribution in [3.63, 3.8) is 0 Å².